The smallest absolute Gasteiger partial charge is 0.247 e. The number of thiazole rings is 1. The van der Waals surface area contributed by atoms with Gasteiger partial charge in [0.15, 0.2) is 0 Å². The van der Waals surface area contributed by atoms with Crippen LogP contribution in [0.2, 0.25) is 0 Å². The number of amides is 1. The van der Waals surface area contributed by atoms with Crippen LogP contribution in [0.15, 0.2) is 48.8 Å². The highest BCUT2D eigenvalue weighted by molar-refractivity contribution is 7.18. The second kappa shape index (κ2) is 6.83. The van der Waals surface area contributed by atoms with Gasteiger partial charge >= 0.3 is 0 Å². The lowest BCUT2D eigenvalue weighted by molar-refractivity contribution is -0.117. The van der Waals surface area contributed by atoms with Crippen molar-refractivity contribution in [3.8, 4) is 0 Å². The first-order valence-electron chi connectivity index (χ1n) is 9.33. The summed E-state index contributed by atoms with van der Waals surface area (Å²) in [6.45, 7) is 2.80. The summed E-state index contributed by atoms with van der Waals surface area (Å²) >= 11 is 1.63. The van der Waals surface area contributed by atoms with Crippen molar-refractivity contribution in [2.75, 3.05) is 16.8 Å². The number of hydrogen-bond donors (Lipinski definition) is 1. The van der Waals surface area contributed by atoms with E-state index in [1.165, 1.54) is 0 Å². The molecule has 1 aliphatic rings. The summed E-state index contributed by atoms with van der Waals surface area (Å²) in [4.78, 5) is 28.5. The molecule has 2 aromatic carbocycles. The third kappa shape index (κ3) is 2.97. The molecule has 3 heterocycles. The number of hydrogen-bond acceptors (Lipinski definition) is 6. The van der Waals surface area contributed by atoms with Crippen molar-refractivity contribution >= 4 is 49.9 Å². The zero-order valence-corrected chi connectivity index (χ0v) is 16.2. The molecule has 0 aliphatic carbocycles. The number of para-hydroxylation sites is 1. The second-order valence-electron chi connectivity index (χ2n) is 6.97. The van der Waals surface area contributed by atoms with Gasteiger partial charge in [0.2, 0.25) is 5.91 Å². The highest BCUT2D eigenvalue weighted by Crippen LogP contribution is 2.30. The average Bonchev–Trinajstić information content (AvgIpc) is 3.33. The first-order valence-corrected chi connectivity index (χ1v) is 10.2. The highest BCUT2D eigenvalue weighted by atomic mass is 32.1. The third-order valence-electron chi connectivity index (χ3n) is 5.11. The number of rotatable bonds is 3. The van der Waals surface area contributed by atoms with E-state index in [0.717, 1.165) is 57.0 Å². The molecule has 1 saturated heterocycles. The van der Waals surface area contributed by atoms with Crippen molar-refractivity contribution in [2.45, 2.75) is 25.8 Å². The molecule has 2 aromatic heterocycles. The van der Waals surface area contributed by atoms with Gasteiger partial charge in [-0.2, -0.15) is 0 Å². The van der Waals surface area contributed by atoms with E-state index in [1.54, 1.807) is 17.7 Å². The molecule has 0 bridgehead atoms. The molecule has 4 aromatic rings. The van der Waals surface area contributed by atoms with E-state index in [1.807, 2.05) is 49.4 Å². The van der Waals surface area contributed by atoms with Gasteiger partial charge in [-0.15, -0.1) is 11.3 Å². The van der Waals surface area contributed by atoms with Crippen LogP contribution < -0.4 is 10.2 Å². The minimum atomic E-state index is -0.239. The number of carbonyl (C=O) groups excluding carboxylic acids is 1. The predicted octanol–water partition coefficient (Wildman–Crippen LogP) is 4.16. The predicted molar refractivity (Wildman–Crippen MR) is 113 cm³/mol. The standard InChI is InChI=1S/C21H19N5OS/c1-13-24-17-9-8-14(11-19(17)28-13)25-21(27)18-7-4-10-26(18)20-15-5-2-3-6-16(15)22-12-23-20/h2-3,5-6,8-9,11-12,18H,4,7,10H2,1H3,(H,25,27). The van der Waals surface area contributed by atoms with E-state index in [9.17, 15) is 4.79 Å². The van der Waals surface area contributed by atoms with Gasteiger partial charge in [-0.25, -0.2) is 15.0 Å². The molecule has 6 nitrogen and oxygen atoms in total. The quantitative estimate of drug-likeness (QED) is 0.570. The Bertz CT molecular complexity index is 1180. The molecule has 0 spiro atoms. The van der Waals surface area contributed by atoms with Gasteiger partial charge in [0, 0.05) is 17.6 Å². The van der Waals surface area contributed by atoms with E-state index in [2.05, 4.69) is 25.2 Å². The second-order valence-corrected chi connectivity index (χ2v) is 8.21. The molecule has 1 amide bonds. The number of nitrogens with one attached hydrogen (secondary N) is 1. The van der Waals surface area contributed by atoms with E-state index in [-0.39, 0.29) is 11.9 Å². The Labute approximate surface area is 166 Å². The highest BCUT2D eigenvalue weighted by Gasteiger charge is 2.32. The Morgan fingerprint density at radius 2 is 2.07 bits per heavy atom. The maximum atomic E-state index is 13.1. The fourth-order valence-corrected chi connectivity index (χ4v) is 4.72. The number of aromatic nitrogens is 3. The molecular weight excluding hydrogens is 370 g/mol. The number of fused-ring (bicyclic) bond motifs is 2. The summed E-state index contributed by atoms with van der Waals surface area (Å²) in [6, 6.07) is 13.6. The lowest BCUT2D eigenvalue weighted by Gasteiger charge is -2.25. The van der Waals surface area contributed by atoms with Gasteiger partial charge in [0.05, 0.1) is 20.7 Å². The van der Waals surface area contributed by atoms with E-state index in [0.29, 0.717) is 0 Å². The summed E-state index contributed by atoms with van der Waals surface area (Å²) in [5.74, 6) is 0.831. The SMILES string of the molecule is Cc1nc2ccc(NC(=O)C3CCCN3c3ncnc4ccccc34)cc2s1. The Morgan fingerprint density at radius 1 is 1.18 bits per heavy atom. The van der Waals surface area contributed by atoms with Crippen LogP contribution in [0.1, 0.15) is 17.8 Å². The van der Waals surface area contributed by atoms with Gasteiger partial charge in [0.1, 0.15) is 18.2 Å². The molecule has 1 N–H and O–H groups in total. The topological polar surface area (TPSA) is 71.0 Å². The van der Waals surface area contributed by atoms with Crippen LogP contribution in [0.5, 0.6) is 0 Å². The Hall–Kier alpha value is -3.06. The summed E-state index contributed by atoms with van der Waals surface area (Å²) < 4.78 is 1.08. The number of carbonyl (C=O) groups is 1. The Kier molecular flexibility index (Phi) is 4.16. The van der Waals surface area contributed by atoms with Crippen molar-refractivity contribution < 1.29 is 4.79 Å². The molecule has 1 aliphatic heterocycles. The Morgan fingerprint density at radius 3 is 3.00 bits per heavy atom. The first kappa shape index (κ1) is 17.1. The first-order chi connectivity index (χ1) is 13.7. The molecule has 28 heavy (non-hydrogen) atoms. The zero-order chi connectivity index (χ0) is 19.1. The van der Waals surface area contributed by atoms with Crippen LogP contribution in [0.3, 0.4) is 0 Å². The molecule has 5 rings (SSSR count). The van der Waals surface area contributed by atoms with Crippen LogP contribution in [-0.2, 0) is 4.79 Å². The molecule has 7 heteroatoms. The number of benzene rings is 2. The van der Waals surface area contributed by atoms with Crippen LogP contribution in [0, 0.1) is 6.92 Å². The summed E-state index contributed by atoms with van der Waals surface area (Å²) in [6.07, 6.45) is 3.35. The van der Waals surface area contributed by atoms with Gasteiger partial charge in [0.25, 0.3) is 0 Å². The maximum absolute atomic E-state index is 13.1. The average molecular weight is 389 g/mol. The fourth-order valence-electron chi connectivity index (χ4n) is 3.86. The van der Waals surface area contributed by atoms with Crippen molar-refractivity contribution in [1.29, 1.82) is 0 Å². The molecule has 1 unspecified atom stereocenters. The van der Waals surface area contributed by atoms with Crippen LogP contribution >= 0.6 is 11.3 Å². The number of anilines is 2. The lowest BCUT2D eigenvalue weighted by Crippen LogP contribution is -2.40. The monoisotopic (exact) mass is 389 g/mol. The maximum Gasteiger partial charge on any atom is 0.247 e. The van der Waals surface area contributed by atoms with E-state index < -0.39 is 0 Å². The van der Waals surface area contributed by atoms with Gasteiger partial charge in [-0.3, -0.25) is 4.79 Å². The minimum Gasteiger partial charge on any atom is -0.344 e. The largest absolute Gasteiger partial charge is 0.344 e. The summed E-state index contributed by atoms with van der Waals surface area (Å²) in [5.41, 5.74) is 2.67. The van der Waals surface area contributed by atoms with Crippen molar-refractivity contribution in [1.82, 2.24) is 15.0 Å². The van der Waals surface area contributed by atoms with Gasteiger partial charge < -0.3 is 10.2 Å². The van der Waals surface area contributed by atoms with Crippen molar-refractivity contribution in [2.24, 2.45) is 0 Å². The molecule has 1 fully saturated rings. The normalized spacial score (nSPS) is 16.8. The molecule has 1 atom stereocenters. The van der Waals surface area contributed by atoms with Gasteiger partial charge in [-0.05, 0) is 50.1 Å². The van der Waals surface area contributed by atoms with Crippen molar-refractivity contribution in [3.63, 3.8) is 0 Å². The Balaban J connectivity index is 1.43. The van der Waals surface area contributed by atoms with Crippen molar-refractivity contribution in [3.05, 3.63) is 53.8 Å². The molecule has 140 valence electrons. The number of aryl methyl sites for hydroxylation is 1. The van der Waals surface area contributed by atoms with Gasteiger partial charge in [-0.1, -0.05) is 12.1 Å². The minimum absolute atomic E-state index is 0.000723. The fraction of sp³-hybridized carbons (Fsp3) is 0.238. The summed E-state index contributed by atoms with van der Waals surface area (Å²) in [7, 11) is 0. The van der Waals surface area contributed by atoms with E-state index in [4.69, 9.17) is 0 Å². The molecular formula is C21H19N5OS. The zero-order valence-electron chi connectivity index (χ0n) is 15.4. The van der Waals surface area contributed by atoms with E-state index >= 15 is 0 Å². The third-order valence-corrected chi connectivity index (χ3v) is 6.05. The van der Waals surface area contributed by atoms with Crippen LogP contribution in [-0.4, -0.2) is 33.4 Å². The molecule has 0 saturated carbocycles. The van der Waals surface area contributed by atoms with Crippen LogP contribution in [0.4, 0.5) is 11.5 Å². The molecule has 0 radical (unpaired) electrons. The summed E-state index contributed by atoms with van der Waals surface area (Å²) in [5, 5.41) is 5.09. The van der Waals surface area contributed by atoms with Crippen LogP contribution in [0.25, 0.3) is 21.1 Å². The lowest BCUT2D eigenvalue weighted by atomic mass is 10.1. The number of nitrogens with zero attached hydrogens (tertiary/aromatic N) is 4.